The molecule has 2 heterocycles. The summed E-state index contributed by atoms with van der Waals surface area (Å²) in [4.78, 5) is 26.8. The number of fused-ring (bicyclic) bond motifs is 2. The summed E-state index contributed by atoms with van der Waals surface area (Å²) >= 11 is 0. The number of nitrogens with zero attached hydrogens (tertiary/aromatic N) is 1. The van der Waals surface area contributed by atoms with Crippen LogP contribution < -0.4 is 0 Å². The number of cyclic esters (lactones) is 2. The summed E-state index contributed by atoms with van der Waals surface area (Å²) in [5, 5.41) is 0. The molecule has 2 aliphatic rings. The quantitative estimate of drug-likeness (QED) is 0.470. The summed E-state index contributed by atoms with van der Waals surface area (Å²) in [5.74, 6) is -1.17. The second-order valence-electron chi connectivity index (χ2n) is 3.87. The molecule has 1 aromatic rings. The number of esters is 2. The van der Waals surface area contributed by atoms with Crippen LogP contribution in [-0.2, 0) is 17.6 Å². The summed E-state index contributed by atoms with van der Waals surface area (Å²) in [6.45, 7) is 0. The molecule has 15 heavy (non-hydrogen) atoms. The third-order valence-corrected chi connectivity index (χ3v) is 2.90. The van der Waals surface area contributed by atoms with Crippen molar-refractivity contribution in [2.45, 2.75) is 25.7 Å². The van der Waals surface area contributed by atoms with Crippen LogP contribution in [0.25, 0.3) is 0 Å². The lowest BCUT2D eigenvalue weighted by Gasteiger charge is -2.14. The number of hydrogen-bond donors (Lipinski definition) is 0. The zero-order valence-electron chi connectivity index (χ0n) is 8.08. The zero-order valence-corrected chi connectivity index (χ0v) is 8.08. The Morgan fingerprint density at radius 1 is 1.13 bits per heavy atom. The van der Waals surface area contributed by atoms with Crippen LogP contribution in [0.2, 0.25) is 0 Å². The first-order valence-electron chi connectivity index (χ1n) is 5.05. The fourth-order valence-electron chi connectivity index (χ4n) is 2.13. The normalized spacial score (nSPS) is 18.4. The fourth-order valence-corrected chi connectivity index (χ4v) is 2.13. The minimum Gasteiger partial charge on any atom is -0.384 e. The maximum atomic E-state index is 11.3. The number of carbonyl (C=O) groups excluding carboxylic acids is 2. The highest BCUT2D eigenvalue weighted by Crippen LogP contribution is 2.25. The van der Waals surface area contributed by atoms with Crippen LogP contribution in [0.1, 0.15) is 44.9 Å². The van der Waals surface area contributed by atoms with Crippen molar-refractivity contribution in [2.24, 2.45) is 0 Å². The lowest BCUT2D eigenvalue weighted by atomic mass is 9.94. The molecule has 0 bridgehead atoms. The van der Waals surface area contributed by atoms with Crippen molar-refractivity contribution < 1.29 is 14.3 Å². The highest BCUT2D eigenvalue weighted by Gasteiger charge is 2.32. The molecular weight excluding hydrogens is 194 g/mol. The van der Waals surface area contributed by atoms with E-state index in [2.05, 4.69) is 9.72 Å². The van der Waals surface area contributed by atoms with Crippen molar-refractivity contribution in [3.8, 4) is 0 Å². The number of rotatable bonds is 0. The first-order valence-corrected chi connectivity index (χ1v) is 5.05. The van der Waals surface area contributed by atoms with Gasteiger partial charge in [0.2, 0.25) is 0 Å². The standard InChI is InChI=1S/C11H9NO3/c13-10-7-5-6-3-1-2-4-8(6)12-9(7)11(14)15-10/h5H,1-4H2. The Bertz CT molecular complexity index is 436. The Labute approximate surface area is 86.3 Å². The molecule has 0 N–H and O–H groups in total. The summed E-state index contributed by atoms with van der Waals surface area (Å²) in [6, 6.07) is 1.77. The minimum atomic E-state index is -0.608. The molecule has 0 fully saturated rings. The lowest BCUT2D eigenvalue weighted by Crippen LogP contribution is -2.09. The molecular formula is C11H9NO3. The molecule has 0 saturated carbocycles. The Morgan fingerprint density at radius 2 is 1.93 bits per heavy atom. The number of ether oxygens (including phenoxy) is 1. The van der Waals surface area contributed by atoms with Gasteiger partial charge in [-0.2, -0.15) is 0 Å². The minimum absolute atomic E-state index is 0.195. The van der Waals surface area contributed by atoms with Gasteiger partial charge in [0.1, 0.15) is 0 Å². The molecule has 0 radical (unpaired) electrons. The highest BCUT2D eigenvalue weighted by atomic mass is 16.6. The van der Waals surface area contributed by atoms with E-state index in [4.69, 9.17) is 0 Å². The van der Waals surface area contributed by atoms with Crippen LogP contribution in [0.4, 0.5) is 0 Å². The Balaban J connectivity index is 2.20. The molecule has 0 unspecified atom stereocenters. The van der Waals surface area contributed by atoms with Crippen LogP contribution in [-0.4, -0.2) is 16.9 Å². The number of aromatic nitrogens is 1. The van der Waals surface area contributed by atoms with Crippen LogP contribution in [0.3, 0.4) is 0 Å². The second-order valence-corrected chi connectivity index (χ2v) is 3.87. The van der Waals surface area contributed by atoms with E-state index in [0.29, 0.717) is 5.56 Å². The number of pyridine rings is 1. The largest absolute Gasteiger partial charge is 0.384 e. The molecule has 0 aromatic carbocycles. The van der Waals surface area contributed by atoms with Gasteiger partial charge in [-0.3, -0.25) is 0 Å². The van der Waals surface area contributed by atoms with Gasteiger partial charge >= 0.3 is 11.9 Å². The molecule has 3 rings (SSSR count). The van der Waals surface area contributed by atoms with Gasteiger partial charge < -0.3 is 4.74 Å². The van der Waals surface area contributed by atoms with Crippen LogP contribution in [0.5, 0.6) is 0 Å². The van der Waals surface area contributed by atoms with E-state index in [0.717, 1.165) is 36.9 Å². The van der Waals surface area contributed by atoms with Gasteiger partial charge in [-0.25, -0.2) is 14.6 Å². The predicted octanol–water partition coefficient (Wildman–Crippen LogP) is 1.27. The first kappa shape index (κ1) is 8.59. The van der Waals surface area contributed by atoms with Gasteiger partial charge in [-0.05, 0) is 37.3 Å². The molecule has 1 aromatic heterocycles. The average molecular weight is 203 g/mol. The monoisotopic (exact) mass is 203 g/mol. The van der Waals surface area contributed by atoms with E-state index in [-0.39, 0.29) is 5.69 Å². The zero-order chi connectivity index (χ0) is 10.4. The van der Waals surface area contributed by atoms with Crippen molar-refractivity contribution in [2.75, 3.05) is 0 Å². The van der Waals surface area contributed by atoms with Crippen molar-refractivity contribution in [3.63, 3.8) is 0 Å². The summed E-state index contributed by atoms with van der Waals surface area (Å²) in [7, 11) is 0. The average Bonchev–Trinajstić information content (AvgIpc) is 2.52. The number of hydrogen-bond acceptors (Lipinski definition) is 4. The molecule has 0 atom stereocenters. The van der Waals surface area contributed by atoms with Gasteiger partial charge in [0.15, 0.2) is 5.69 Å². The van der Waals surface area contributed by atoms with Gasteiger partial charge in [-0.15, -0.1) is 0 Å². The maximum absolute atomic E-state index is 11.3. The molecule has 4 heteroatoms. The second kappa shape index (κ2) is 2.89. The van der Waals surface area contributed by atoms with Crippen molar-refractivity contribution in [3.05, 3.63) is 28.6 Å². The Morgan fingerprint density at radius 3 is 2.80 bits per heavy atom. The molecule has 4 nitrogen and oxygen atoms in total. The SMILES string of the molecule is O=C1OC(=O)c2nc3c(cc21)CCCC3. The van der Waals surface area contributed by atoms with Gasteiger partial charge in [0, 0.05) is 5.69 Å². The van der Waals surface area contributed by atoms with E-state index in [1.807, 2.05) is 0 Å². The smallest absolute Gasteiger partial charge is 0.365 e. The third-order valence-electron chi connectivity index (χ3n) is 2.90. The number of aryl methyl sites for hydroxylation is 2. The van der Waals surface area contributed by atoms with Crippen molar-refractivity contribution >= 4 is 11.9 Å². The summed E-state index contributed by atoms with van der Waals surface area (Å²) in [5.41, 5.74) is 2.57. The fraction of sp³-hybridized carbons (Fsp3) is 0.364. The molecule has 76 valence electrons. The molecule has 1 aliphatic heterocycles. The highest BCUT2D eigenvalue weighted by molar-refractivity contribution is 6.13. The maximum Gasteiger partial charge on any atom is 0.365 e. The van der Waals surface area contributed by atoms with Crippen LogP contribution in [0.15, 0.2) is 6.07 Å². The van der Waals surface area contributed by atoms with E-state index >= 15 is 0 Å². The Hall–Kier alpha value is -1.71. The molecule has 1 aliphatic carbocycles. The van der Waals surface area contributed by atoms with E-state index in [1.54, 1.807) is 6.07 Å². The van der Waals surface area contributed by atoms with Crippen molar-refractivity contribution in [1.29, 1.82) is 0 Å². The van der Waals surface area contributed by atoms with Gasteiger partial charge in [0.25, 0.3) is 0 Å². The van der Waals surface area contributed by atoms with E-state index in [9.17, 15) is 9.59 Å². The van der Waals surface area contributed by atoms with Crippen LogP contribution in [0, 0.1) is 0 Å². The molecule has 0 amide bonds. The lowest BCUT2D eigenvalue weighted by molar-refractivity contribution is 0.0441. The molecule has 0 spiro atoms. The first-order chi connectivity index (χ1) is 7.25. The van der Waals surface area contributed by atoms with Gasteiger partial charge in [0.05, 0.1) is 5.56 Å². The Kier molecular flexibility index (Phi) is 1.65. The summed E-state index contributed by atoms with van der Waals surface area (Å²) < 4.78 is 4.51. The number of carbonyl (C=O) groups is 2. The third kappa shape index (κ3) is 1.17. The van der Waals surface area contributed by atoms with E-state index < -0.39 is 11.9 Å². The predicted molar refractivity (Wildman–Crippen MR) is 50.6 cm³/mol. The van der Waals surface area contributed by atoms with Crippen molar-refractivity contribution in [1.82, 2.24) is 4.98 Å². The topological polar surface area (TPSA) is 56.3 Å². The van der Waals surface area contributed by atoms with Gasteiger partial charge in [-0.1, -0.05) is 0 Å². The van der Waals surface area contributed by atoms with Crippen LogP contribution >= 0.6 is 0 Å². The summed E-state index contributed by atoms with van der Waals surface area (Å²) in [6.07, 6.45) is 4.05. The van der Waals surface area contributed by atoms with E-state index in [1.165, 1.54) is 0 Å². The molecule has 0 saturated heterocycles.